The number of aliphatic hydroxyl groups is 1. The molecular weight excluding hydrogens is 276 g/mol. The Labute approximate surface area is 130 Å². The zero-order valence-electron chi connectivity index (χ0n) is 12.9. The maximum absolute atomic E-state index is 10.8. The summed E-state index contributed by atoms with van der Waals surface area (Å²) >= 11 is 0. The number of methoxy groups -OCH3 is 1. The van der Waals surface area contributed by atoms with Gasteiger partial charge >= 0.3 is 0 Å². The third kappa shape index (κ3) is 2.57. The summed E-state index contributed by atoms with van der Waals surface area (Å²) in [5.41, 5.74) is 2.75. The molecule has 4 heteroatoms. The molecule has 2 aromatic carbocycles. The van der Waals surface area contributed by atoms with Gasteiger partial charge < -0.3 is 14.4 Å². The van der Waals surface area contributed by atoms with Crippen molar-refractivity contribution in [1.82, 2.24) is 9.55 Å². The van der Waals surface area contributed by atoms with Crippen LogP contribution in [-0.2, 0) is 6.54 Å². The van der Waals surface area contributed by atoms with Gasteiger partial charge in [0.05, 0.1) is 18.1 Å². The standard InChI is InChI=1S/C18H20N2O2/c1-3-11-20-16-10-5-4-9-15(16)19-18(20)17(21)13-7-6-8-14(12-13)22-2/h4-10,12,17,21H,3,11H2,1-2H3/t17-/m1/s1. The van der Waals surface area contributed by atoms with Crippen LogP contribution < -0.4 is 4.74 Å². The van der Waals surface area contributed by atoms with Crippen molar-refractivity contribution in [1.29, 1.82) is 0 Å². The number of benzene rings is 2. The predicted octanol–water partition coefficient (Wildman–Crippen LogP) is 3.54. The summed E-state index contributed by atoms with van der Waals surface area (Å²) in [4.78, 5) is 4.64. The molecule has 0 aliphatic carbocycles. The number of rotatable bonds is 5. The third-order valence-corrected chi connectivity index (χ3v) is 3.79. The number of ether oxygens (including phenoxy) is 1. The molecule has 3 aromatic rings. The van der Waals surface area contributed by atoms with E-state index >= 15 is 0 Å². The zero-order chi connectivity index (χ0) is 15.5. The van der Waals surface area contributed by atoms with Gasteiger partial charge in [0.1, 0.15) is 17.7 Å². The van der Waals surface area contributed by atoms with Crippen LogP contribution in [-0.4, -0.2) is 21.8 Å². The summed E-state index contributed by atoms with van der Waals surface area (Å²) in [6.07, 6.45) is 0.215. The van der Waals surface area contributed by atoms with Crippen LogP contribution in [0.3, 0.4) is 0 Å². The van der Waals surface area contributed by atoms with Crippen LogP contribution in [0.15, 0.2) is 48.5 Å². The molecule has 0 aliphatic rings. The molecule has 0 saturated carbocycles. The lowest BCUT2D eigenvalue weighted by Gasteiger charge is -2.14. The first kappa shape index (κ1) is 14.6. The minimum Gasteiger partial charge on any atom is -0.497 e. The summed E-state index contributed by atoms with van der Waals surface area (Å²) < 4.78 is 7.34. The van der Waals surface area contributed by atoms with E-state index in [0.717, 1.165) is 35.3 Å². The van der Waals surface area contributed by atoms with Crippen LogP contribution in [0.25, 0.3) is 11.0 Å². The number of hydrogen-bond acceptors (Lipinski definition) is 3. The quantitative estimate of drug-likeness (QED) is 0.783. The summed E-state index contributed by atoms with van der Waals surface area (Å²) in [6, 6.07) is 15.5. The van der Waals surface area contributed by atoms with Crippen molar-refractivity contribution in [3.05, 3.63) is 59.9 Å². The van der Waals surface area contributed by atoms with Crippen LogP contribution in [0.2, 0.25) is 0 Å². The van der Waals surface area contributed by atoms with Crippen molar-refractivity contribution < 1.29 is 9.84 Å². The summed E-state index contributed by atoms with van der Waals surface area (Å²) in [5.74, 6) is 1.41. The Balaban J connectivity index is 2.09. The lowest BCUT2D eigenvalue weighted by Crippen LogP contribution is -2.10. The average molecular weight is 296 g/mol. The lowest BCUT2D eigenvalue weighted by molar-refractivity contribution is 0.204. The van der Waals surface area contributed by atoms with Crippen molar-refractivity contribution in [2.45, 2.75) is 26.0 Å². The van der Waals surface area contributed by atoms with E-state index in [0.29, 0.717) is 5.82 Å². The molecule has 0 unspecified atom stereocenters. The Morgan fingerprint density at radius 3 is 2.77 bits per heavy atom. The van der Waals surface area contributed by atoms with E-state index in [2.05, 4.69) is 16.5 Å². The first-order chi connectivity index (χ1) is 10.7. The molecular formula is C18H20N2O2. The fourth-order valence-corrected chi connectivity index (χ4v) is 2.72. The summed E-state index contributed by atoms with van der Waals surface area (Å²) in [6.45, 7) is 2.95. The Kier molecular flexibility index (Phi) is 4.11. The third-order valence-electron chi connectivity index (χ3n) is 3.79. The minimum atomic E-state index is -0.769. The predicted molar refractivity (Wildman–Crippen MR) is 87.1 cm³/mol. The number of imidazole rings is 1. The van der Waals surface area contributed by atoms with Crippen molar-refractivity contribution >= 4 is 11.0 Å². The van der Waals surface area contributed by atoms with Gasteiger partial charge in [0, 0.05) is 6.54 Å². The number of aryl methyl sites for hydroxylation is 1. The Bertz CT molecular complexity index is 780. The zero-order valence-corrected chi connectivity index (χ0v) is 12.9. The second kappa shape index (κ2) is 6.20. The van der Waals surface area contributed by atoms with E-state index in [9.17, 15) is 5.11 Å². The molecule has 1 aromatic heterocycles. The van der Waals surface area contributed by atoms with Crippen molar-refractivity contribution in [2.75, 3.05) is 7.11 Å². The Morgan fingerprint density at radius 1 is 1.18 bits per heavy atom. The van der Waals surface area contributed by atoms with Gasteiger partial charge in [-0.25, -0.2) is 4.98 Å². The van der Waals surface area contributed by atoms with Crippen LogP contribution >= 0.6 is 0 Å². The highest BCUT2D eigenvalue weighted by Crippen LogP contribution is 2.27. The van der Waals surface area contributed by atoms with Crippen LogP contribution in [0, 0.1) is 0 Å². The van der Waals surface area contributed by atoms with E-state index in [1.54, 1.807) is 7.11 Å². The molecule has 0 aliphatic heterocycles. The molecule has 22 heavy (non-hydrogen) atoms. The topological polar surface area (TPSA) is 47.3 Å². The number of aromatic nitrogens is 2. The van der Waals surface area contributed by atoms with Crippen molar-refractivity contribution in [3.8, 4) is 5.75 Å². The van der Waals surface area contributed by atoms with Gasteiger partial charge in [0.2, 0.25) is 0 Å². The fourth-order valence-electron chi connectivity index (χ4n) is 2.72. The first-order valence-corrected chi connectivity index (χ1v) is 7.51. The normalized spacial score (nSPS) is 12.5. The van der Waals surface area contributed by atoms with Gasteiger partial charge in [-0.05, 0) is 36.2 Å². The molecule has 1 heterocycles. The summed E-state index contributed by atoms with van der Waals surface area (Å²) in [7, 11) is 1.62. The average Bonchev–Trinajstić information content (AvgIpc) is 2.93. The lowest BCUT2D eigenvalue weighted by atomic mass is 10.1. The highest BCUT2D eigenvalue weighted by atomic mass is 16.5. The number of aliphatic hydroxyl groups excluding tert-OH is 1. The van der Waals surface area contributed by atoms with Crippen molar-refractivity contribution in [2.24, 2.45) is 0 Å². The van der Waals surface area contributed by atoms with Crippen molar-refractivity contribution in [3.63, 3.8) is 0 Å². The van der Waals surface area contributed by atoms with Gasteiger partial charge in [0.25, 0.3) is 0 Å². The Morgan fingerprint density at radius 2 is 2.00 bits per heavy atom. The van der Waals surface area contributed by atoms with Gasteiger partial charge in [0.15, 0.2) is 0 Å². The van der Waals surface area contributed by atoms with E-state index in [-0.39, 0.29) is 0 Å². The molecule has 0 spiro atoms. The smallest absolute Gasteiger partial charge is 0.143 e. The SMILES string of the molecule is CCCn1c([C@H](O)c2cccc(OC)c2)nc2ccccc21. The van der Waals surface area contributed by atoms with Gasteiger partial charge in [-0.15, -0.1) is 0 Å². The molecule has 3 rings (SSSR count). The maximum atomic E-state index is 10.8. The van der Waals surface area contributed by atoms with Crippen LogP contribution in [0.1, 0.15) is 30.8 Å². The number of hydrogen-bond donors (Lipinski definition) is 1. The fraction of sp³-hybridized carbons (Fsp3) is 0.278. The molecule has 1 N–H and O–H groups in total. The molecule has 1 atom stereocenters. The number of fused-ring (bicyclic) bond motifs is 1. The maximum Gasteiger partial charge on any atom is 0.143 e. The minimum absolute atomic E-state index is 0.677. The van der Waals surface area contributed by atoms with E-state index < -0.39 is 6.10 Å². The molecule has 0 bridgehead atoms. The van der Waals surface area contributed by atoms with Crippen LogP contribution in [0.5, 0.6) is 5.75 Å². The summed E-state index contributed by atoms with van der Waals surface area (Å²) in [5, 5.41) is 10.8. The second-order valence-corrected chi connectivity index (χ2v) is 5.29. The highest BCUT2D eigenvalue weighted by Gasteiger charge is 2.19. The van der Waals surface area contributed by atoms with Gasteiger partial charge in [-0.2, -0.15) is 0 Å². The Hall–Kier alpha value is -2.33. The first-order valence-electron chi connectivity index (χ1n) is 7.51. The largest absolute Gasteiger partial charge is 0.497 e. The number of para-hydroxylation sites is 2. The molecule has 0 amide bonds. The highest BCUT2D eigenvalue weighted by molar-refractivity contribution is 5.76. The molecule has 0 fully saturated rings. The van der Waals surface area contributed by atoms with E-state index in [1.807, 2.05) is 48.5 Å². The second-order valence-electron chi connectivity index (χ2n) is 5.29. The molecule has 4 nitrogen and oxygen atoms in total. The molecule has 0 saturated heterocycles. The van der Waals surface area contributed by atoms with E-state index in [1.165, 1.54) is 0 Å². The van der Waals surface area contributed by atoms with Crippen LogP contribution in [0.4, 0.5) is 0 Å². The molecule has 114 valence electrons. The number of nitrogens with zero attached hydrogens (tertiary/aromatic N) is 2. The van der Waals surface area contributed by atoms with E-state index in [4.69, 9.17) is 4.74 Å². The van der Waals surface area contributed by atoms with Gasteiger partial charge in [-0.3, -0.25) is 0 Å². The molecule has 0 radical (unpaired) electrons. The monoisotopic (exact) mass is 296 g/mol. The van der Waals surface area contributed by atoms with Gasteiger partial charge in [-0.1, -0.05) is 31.2 Å².